The third kappa shape index (κ3) is 4.28. The van der Waals surface area contributed by atoms with Crippen LogP contribution in [0, 0.1) is 18.3 Å². The topological polar surface area (TPSA) is 126 Å². The Morgan fingerprint density at radius 1 is 1.18 bits per heavy atom. The van der Waals surface area contributed by atoms with Crippen LogP contribution in [0.5, 0.6) is 0 Å². The number of hydrogen-bond donors (Lipinski definition) is 1. The average Bonchev–Trinajstić information content (AvgIpc) is 3.38. The van der Waals surface area contributed by atoms with Crippen molar-refractivity contribution < 1.29 is 21.6 Å². The molecule has 4 rings (SSSR count). The molecule has 1 fully saturated rings. The highest BCUT2D eigenvalue weighted by molar-refractivity contribution is 7.89. The summed E-state index contributed by atoms with van der Waals surface area (Å²) in [7, 11) is -4.50. The predicted molar refractivity (Wildman–Crippen MR) is 111 cm³/mol. The van der Waals surface area contributed by atoms with Crippen molar-refractivity contribution in [3.05, 3.63) is 30.0 Å². The molecule has 1 aliphatic rings. The summed E-state index contributed by atoms with van der Waals surface area (Å²) in [6, 6.07) is -0.0713. The lowest BCUT2D eigenvalue weighted by molar-refractivity contribution is -0.147. The van der Waals surface area contributed by atoms with E-state index in [2.05, 4.69) is 26.0 Å². The molecule has 0 saturated heterocycles. The van der Waals surface area contributed by atoms with Gasteiger partial charge >= 0.3 is 6.18 Å². The lowest BCUT2D eigenvalue weighted by atomic mass is 10.2. The molecular formula is C20H20F3N7O2S. The second-order valence-electron chi connectivity index (χ2n) is 7.93. The molecule has 0 aromatic carbocycles. The van der Waals surface area contributed by atoms with Crippen LogP contribution in [-0.2, 0) is 10.0 Å². The molecule has 1 N–H and O–H groups in total. The number of rotatable bonds is 5. The molecule has 0 aliphatic heterocycles. The number of nitrogens with one attached hydrogen (secondary N) is 1. The molecule has 13 heteroatoms. The summed E-state index contributed by atoms with van der Waals surface area (Å²) in [5, 5.41) is 10.4. The van der Waals surface area contributed by atoms with Gasteiger partial charge in [0.25, 0.3) is 0 Å². The normalized spacial score (nSPS) is 16.2. The van der Waals surface area contributed by atoms with E-state index in [0.29, 0.717) is 29.5 Å². The number of nitrogens with zero attached hydrogens (tertiary/aromatic N) is 6. The molecule has 174 valence electrons. The molecule has 0 spiro atoms. The summed E-state index contributed by atoms with van der Waals surface area (Å²) in [6.07, 6.45) is 2.45. The summed E-state index contributed by atoms with van der Waals surface area (Å²) in [5.74, 6) is 0.611. The summed E-state index contributed by atoms with van der Waals surface area (Å²) in [6.45, 7) is 2.44. The Morgan fingerprint density at radius 2 is 1.82 bits per heavy atom. The molecule has 0 radical (unpaired) electrons. The van der Waals surface area contributed by atoms with Crippen molar-refractivity contribution in [2.75, 3.05) is 0 Å². The van der Waals surface area contributed by atoms with Crippen molar-refractivity contribution in [2.24, 2.45) is 0 Å². The van der Waals surface area contributed by atoms with Crippen LogP contribution in [0.25, 0.3) is 22.6 Å². The van der Waals surface area contributed by atoms with Crippen LogP contribution in [0.15, 0.2) is 23.5 Å². The lowest BCUT2D eigenvalue weighted by Gasteiger charge is -2.18. The SMILES string of the molecule is Cc1ncc2c(C#N)c(-c3ncc(S(=O)(=O)N[C@@H](C)C(F)(F)F)cn3)n(C3CCCC3)c2n1. The largest absolute Gasteiger partial charge is 0.404 e. The third-order valence-corrected chi connectivity index (χ3v) is 7.13. The predicted octanol–water partition coefficient (Wildman–Crippen LogP) is 3.41. The Balaban J connectivity index is 1.81. The first-order valence-corrected chi connectivity index (χ1v) is 11.7. The van der Waals surface area contributed by atoms with Gasteiger partial charge < -0.3 is 4.57 Å². The van der Waals surface area contributed by atoms with Gasteiger partial charge in [0.2, 0.25) is 10.0 Å². The van der Waals surface area contributed by atoms with Gasteiger partial charge in [-0.05, 0) is 26.7 Å². The van der Waals surface area contributed by atoms with Gasteiger partial charge in [-0.25, -0.2) is 28.4 Å². The molecule has 0 unspecified atom stereocenters. The van der Waals surface area contributed by atoms with E-state index in [-0.39, 0.29) is 17.4 Å². The number of nitriles is 1. The minimum atomic E-state index is -4.74. The molecule has 0 bridgehead atoms. The monoisotopic (exact) mass is 479 g/mol. The summed E-state index contributed by atoms with van der Waals surface area (Å²) >= 11 is 0. The smallest absolute Gasteiger partial charge is 0.318 e. The number of halogens is 3. The van der Waals surface area contributed by atoms with E-state index in [0.717, 1.165) is 38.1 Å². The van der Waals surface area contributed by atoms with Gasteiger partial charge in [-0.3, -0.25) is 0 Å². The van der Waals surface area contributed by atoms with Crippen molar-refractivity contribution >= 4 is 21.1 Å². The van der Waals surface area contributed by atoms with Crippen molar-refractivity contribution in [1.29, 1.82) is 5.26 Å². The zero-order valence-electron chi connectivity index (χ0n) is 17.8. The Morgan fingerprint density at radius 3 is 2.39 bits per heavy atom. The van der Waals surface area contributed by atoms with E-state index in [1.54, 1.807) is 17.8 Å². The minimum Gasteiger partial charge on any atom is -0.318 e. The van der Waals surface area contributed by atoms with Crippen LogP contribution < -0.4 is 4.72 Å². The van der Waals surface area contributed by atoms with Crippen molar-refractivity contribution in [3.63, 3.8) is 0 Å². The second kappa shape index (κ2) is 8.35. The fourth-order valence-corrected chi connectivity index (χ4v) is 5.09. The standard InChI is InChI=1S/C20H20F3N7O2S/c1-11(20(21,22)23)29-33(31,32)14-8-26-18(27-9-14)17-15(7-24)16-10-25-12(2)28-19(16)30(17)13-5-3-4-6-13/h8-11,13,29H,3-6H2,1-2H3/t11-/m0/s1. The number of fused-ring (bicyclic) bond motifs is 1. The Hall–Kier alpha value is -3.11. The Bertz CT molecular complexity index is 1340. The van der Waals surface area contributed by atoms with E-state index in [1.165, 1.54) is 0 Å². The fraction of sp³-hybridized carbons (Fsp3) is 0.450. The molecule has 3 heterocycles. The molecule has 9 nitrogen and oxygen atoms in total. The van der Waals surface area contributed by atoms with E-state index in [9.17, 15) is 26.9 Å². The second-order valence-corrected chi connectivity index (χ2v) is 9.64. The van der Waals surface area contributed by atoms with Gasteiger partial charge in [-0.15, -0.1) is 0 Å². The third-order valence-electron chi connectivity index (χ3n) is 5.64. The molecule has 3 aromatic rings. The number of hydrogen-bond acceptors (Lipinski definition) is 7. The van der Waals surface area contributed by atoms with E-state index in [4.69, 9.17) is 0 Å². The number of aromatic nitrogens is 5. The van der Waals surface area contributed by atoms with Crippen LogP contribution in [0.3, 0.4) is 0 Å². The highest BCUT2D eigenvalue weighted by atomic mass is 32.2. The first-order valence-electron chi connectivity index (χ1n) is 10.2. The quantitative estimate of drug-likeness (QED) is 0.594. The number of aryl methyl sites for hydroxylation is 1. The van der Waals surface area contributed by atoms with Gasteiger partial charge in [0, 0.05) is 12.2 Å². The van der Waals surface area contributed by atoms with Crippen LogP contribution in [0.2, 0.25) is 0 Å². The van der Waals surface area contributed by atoms with Gasteiger partial charge in [-0.2, -0.15) is 23.2 Å². The molecule has 3 aromatic heterocycles. The van der Waals surface area contributed by atoms with Gasteiger partial charge in [0.05, 0.1) is 23.3 Å². The van der Waals surface area contributed by atoms with Crippen LogP contribution in [-0.4, -0.2) is 45.1 Å². The fourth-order valence-electron chi connectivity index (χ4n) is 3.97. The van der Waals surface area contributed by atoms with Crippen LogP contribution in [0.1, 0.15) is 50.0 Å². The molecule has 0 amide bonds. The zero-order valence-corrected chi connectivity index (χ0v) is 18.6. The van der Waals surface area contributed by atoms with Crippen molar-refractivity contribution in [1.82, 2.24) is 29.2 Å². The van der Waals surface area contributed by atoms with E-state index >= 15 is 0 Å². The van der Waals surface area contributed by atoms with Gasteiger partial charge in [-0.1, -0.05) is 12.8 Å². The maximum absolute atomic E-state index is 12.8. The first-order chi connectivity index (χ1) is 15.5. The van der Waals surface area contributed by atoms with Gasteiger partial charge in [0.15, 0.2) is 5.82 Å². The zero-order chi connectivity index (χ0) is 24.0. The molecule has 33 heavy (non-hydrogen) atoms. The van der Waals surface area contributed by atoms with Crippen molar-refractivity contribution in [2.45, 2.75) is 62.7 Å². The average molecular weight is 479 g/mol. The molecule has 1 atom stereocenters. The van der Waals surface area contributed by atoms with Crippen LogP contribution >= 0.6 is 0 Å². The van der Waals surface area contributed by atoms with E-state index in [1.807, 2.05) is 4.57 Å². The highest BCUT2D eigenvalue weighted by Crippen LogP contribution is 2.39. The maximum Gasteiger partial charge on any atom is 0.404 e. The first kappa shape index (κ1) is 23.1. The van der Waals surface area contributed by atoms with Crippen molar-refractivity contribution in [3.8, 4) is 17.6 Å². The molecule has 1 aliphatic carbocycles. The number of sulfonamides is 1. The summed E-state index contributed by atoms with van der Waals surface area (Å²) in [4.78, 5) is 16.4. The summed E-state index contributed by atoms with van der Waals surface area (Å²) in [5.41, 5.74) is 1.22. The van der Waals surface area contributed by atoms with Gasteiger partial charge in [0.1, 0.15) is 34.2 Å². The van der Waals surface area contributed by atoms with E-state index < -0.39 is 27.1 Å². The Kier molecular flexibility index (Phi) is 5.83. The molecular weight excluding hydrogens is 459 g/mol. The Labute approximate surface area is 187 Å². The summed E-state index contributed by atoms with van der Waals surface area (Å²) < 4.78 is 66.5. The number of alkyl halides is 3. The lowest BCUT2D eigenvalue weighted by Crippen LogP contribution is -2.43. The minimum absolute atomic E-state index is 0.0558. The molecule has 1 saturated carbocycles. The highest BCUT2D eigenvalue weighted by Gasteiger charge is 2.39. The van der Waals surface area contributed by atoms with Crippen LogP contribution in [0.4, 0.5) is 13.2 Å². The maximum atomic E-state index is 12.8.